The van der Waals surface area contributed by atoms with Gasteiger partial charge in [-0.05, 0) is 18.9 Å². The SMILES string of the molecule is NC(=S)c1ncccc1CN1CC(=O)N2CCCC2C1=O. The molecule has 110 valence electrons. The first kappa shape index (κ1) is 13.9. The van der Waals surface area contributed by atoms with E-state index in [0.717, 1.165) is 18.4 Å². The van der Waals surface area contributed by atoms with Crippen molar-refractivity contribution in [3.63, 3.8) is 0 Å². The van der Waals surface area contributed by atoms with Crippen molar-refractivity contribution < 1.29 is 9.59 Å². The number of nitrogens with two attached hydrogens (primary N) is 1. The predicted octanol–water partition coefficient (Wildman–Crippen LogP) is 0.0490. The molecule has 3 rings (SSSR count). The van der Waals surface area contributed by atoms with Gasteiger partial charge in [-0.1, -0.05) is 18.3 Å². The van der Waals surface area contributed by atoms with E-state index < -0.39 is 0 Å². The van der Waals surface area contributed by atoms with E-state index in [0.29, 0.717) is 18.8 Å². The number of pyridine rings is 1. The van der Waals surface area contributed by atoms with Crippen molar-refractivity contribution in [2.45, 2.75) is 25.4 Å². The van der Waals surface area contributed by atoms with Crippen LogP contribution < -0.4 is 5.73 Å². The van der Waals surface area contributed by atoms with Gasteiger partial charge in [0.15, 0.2) is 0 Å². The second kappa shape index (κ2) is 5.40. The minimum Gasteiger partial charge on any atom is -0.388 e. The van der Waals surface area contributed by atoms with E-state index in [9.17, 15) is 9.59 Å². The van der Waals surface area contributed by atoms with Gasteiger partial charge < -0.3 is 15.5 Å². The molecule has 21 heavy (non-hydrogen) atoms. The Labute approximate surface area is 127 Å². The average Bonchev–Trinajstić information content (AvgIpc) is 2.95. The van der Waals surface area contributed by atoms with Crippen LogP contribution in [0.5, 0.6) is 0 Å². The molecule has 6 nitrogen and oxygen atoms in total. The summed E-state index contributed by atoms with van der Waals surface area (Å²) in [7, 11) is 0. The molecular formula is C14H16N4O2S. The first-order valence-corrected chi connectivity index (χ1v) is 7.30. The Kier molecular flexibility index (Phi) is 3.59. The molecule has 7 heteroatoms. The van der Waals surface area contributed by atoms with Crippen LogP contribution >= 0.6 is 12.2 Å². The zero-order valence-corrected chi connectivity index (χ0v) is 12.3. The third-order valence-electron chi connectivity index (χ3n) is 3.98. The number of aromatic nitrogens is 1. The second-order valence-electron chi connectivity index (χ2n) is 5.31. The summed E-state index contributed by atoms with van der Waals surface area (Å²) in [5.74, 6) is 0.0164. The van der Waals surface area contributed by atoms with Gasteiger partial charge in [0.2, 0.25) is 11.8 Å². The smallest absolute Gasteiger partial charge is 0.246 e. The lowest BCUT2D eigenvalue weighted by Crippen LogP contribution is -2.57. The molecule has 0 bridgehead atoms. The summed E-state index contributed by atoms with van der Waals surface area (Å²) in [6, 6.07) is 3.31. The standard InChI is InChI=1S/C14H16N4O2S/c15-13(21)12-9(3-1-5-16-12)7-17-8-11(19)18-6-2-4-10(18)14(17)20/h1,3,5,10H,2,4,6-8H2,(H2,15,21). The highest BCUT2D eigenvalue weighted by Gasteiger charge is 2.41. The molecule has 2 fully saturated rings. The zero-order valence-electron chi connectivity index (χ0n) is 11.5. The number of piperazine rings is 1. The van der Waals surface area contributed by atoms with Crippen LogP contribution in [-0.2, 0) is 16.1 Å². The van der Waals surface area contributed by atoms with Crippen LogP contribution in [0.2, 0.25) is 0 Å². The largest absolute Gasteiger partial charge is 0.388 e. The van der Waals surface area contributed by atoms with Crippen molar-refractivity contribution in [2.24, 2.45) is 5.73 Å². The molecule has 2 N–H and O–H groups in total. The second-order valence-corrected chi connectivity index (χ2v) is 5.75. The Morgan fingerprint density at radius 2 is 2.29 bits per heavy atom. The van der Waals surface area contributed by atoms with Gasteiger partial charge in [0.25, 0.3) is 0 Å². The highest BCUT2D eigenvalue weighted by molar-refractivity contribution is 7.80. The molecule has 2 aliphatic heterocycles. The highest BCUT2D eigenvalue weighted by Crippen LogP contribution is 2.25. The van der Waals surface area contributed by atoms with Gasteiger partial charge >= 0.3 is 0 Å². The summed E-state index contributed by atoms with van der Waals surface area (Å²) >= 11 is 4.98. The Morgan fingerprint density at radius 3 is 3.05 bits per heavy atom. The molecule has 0 saturated carbocycles. The maximum absolute atomic E-state index is 12.5. The zero-order chi connectivity index (χ0) is 15.0. The molecule has 0 aliphatic carbocycles. The molecule has 2 amide bonds. The quantitative estimate of drug-likeness (QED) is 0.798. The fourth-order valence-electron chi connectivity index (χ4n) is 2.99. The molecular weight excluding hydrogens is 288 g/mol. The van der Waals surface area contributed by atoms with Crippen LogP contribution in [-0.4, -0.2) is 50.7 Å². The maximum atomic E-state index is 12.5. The lowest BCUT2D eigenvalue weighted by Gasteiger charge is -2.36. The minimum absolute atomic E-state index is 0.00448. The maximum Gasteiger partial charge on any atom is 0.246 e. The number of thiocarbonyl (C=S) groups is 1. The summed E-state index contributed by atoms with van der Waals surface area (Å²) in [6.07, 6.45) is 3.25. The Hall–Kier alpha value is -2.02. The van der Waals surface area contributed by atoms with Gasteiger partial charge in [-0.25, -0.2) is 0 Å². The number of carbonyl (C=O) groups excluding carboxylic acids is 2. The van der Waals surface area contributed by atoms with Crippen LogP contribution in [0, 0.1) is 0 Å². The fourth-order valence-corrected chi connectivity index (χ4v) is 3.18. The Morgan fingerprint density at radius 1 is 1.48 bits per heavy atom. The highest BCUT2D eigenvalue weighted by atomic mass is 32.1. The van der Waals surface area contributed by atoms with Crippen LogP contribution in [0.15, 0.2) is 18.3 Å². The van der Waals surface area contributed by atoms with Crippen molar-refractivity contribution in [2.75, 3.05) is 13.1 Å². The van der Waals surface area contributed by atoms with Gasteiger partial charge in [0.05, 0.1) is 0 Å². The number of hydrogen-bond acceptors (Lipinski definition) is 4. The Bertz CT molecular complexity index is 619. The number of nitrogens with zero attached hydrogens (tertiary/aromatic N) is 3. The van der Waals surface area contributed by atoms with E-state index in [2.05, 4.69) is 4.98 Å². The monoisotopic (exact) mass is 304 g/mol. The average molecular weight is 304 g/mol. The minimum atomic E-state index is -0.295. The molecule has 1 aromatic rings. The lowest BCUT2D eigenvalue weighted by molar-refractivity contribution is -0.154. The van der Waals surface area contributed by atoms with Crippen LogP contribution in [0.3, 0.4) is 0 Å². The van der Waals surface area contributed by atoms with Gasteiger partial charge in [-0.15, -0.1) is 0 Å². The van der Waals surface area contributed by atoms with Crippen molar-refractivity contribution in [1.82, 2.24) is 14.8 Å². The van der Waals surface area contributed by atoms with Crippen LogP contribution in [0.1, 0.15) is 24.1 Å². The van der Waals surface area contributed by atoms with E-state index in [4.69, 9.17) is 18.0 Å². The van der Waals surface area contributed by atoms with Gasteiger partial charge in [0, 0.05) is 24.8 Å². The number of carbonyl (C=O) groups is 2. The van der Waals surface area contributed by atoms with Gasteiger partial charge in [-0.2, -0.15) is 0 Å². The molecule has 0 spiro atoms. The summed E-state index contributed by atoms with van der Waals surface area (Å²) < 4.78 is 0. The lowest BCUT2D eigenvalue weighted by atomic mass is 10.1. The topological polar surface area (TPSA) is 79.5 Å². The van der Waals surface area contributed by atoms with Crippen molar-refractivity contribution in [1.29, 1.82) is 0 Å². The number of amides is 2. The van der Waals surface area contributed by atoms with E-state index in [-0.39, 0.29) is 29.4 Å². The Balaban J connectivity index is 1.83. The molecule has 1 aromatic heterocycles. The molecule has 3 heterocycles. The van der Waals surface area contributed by atoms with Gasteiger partial charge in [0.1, 0.15) is 23.3 Å². The molecule has 1 atom stereocenters. The summed E-state index contributed by atoms with van der Waals surface area (Å²) in [6.45, 7) is 1.12. The summed E-state index contributed by atoms with van der Waals surface area (Å²) in [5, 5.41) is 0. The van der Waals surface area contributed by atoms with E-state index in [1.54, 1.807) is 22.1 Å². The van der Waals surface area contributed by atoms with E-state index in [1.807, 2.05) is 6.07 Å². The third-order valence-corrected chi connectivity index (χ3v) is 4.18. The van der Waals surface area contributed by atoms with Gasteiger partial charge in [-0.3, -0.25) is 14.6 Å². The molecule has 0 aromatic carbocycles. The van der Waals surface area contributed by atoms with Crippen LogP contribution in [0.4, 0.5) is 0 Å². The van der Waals surface area contributed by atoms with E-state index >= 15 is 0 Å². The number of hydrogen-bond donors (Lipinski definition) is 1. The third kappa shape index (κ3) is 2.49. The van der Waals surface area contributed by atoms with Crippen molar-refractivity contribution in [3.8, 4) is 0 Å². The predicted molar refractivity (Wildman–Crippen MR) is 80.3 cm³/mol. The van der Waals surface area contributed by atoms with E-state index in [1.165, 1.54) is 0 Å². The first-order chi connectivity index (χ1) is 10.1. The first-order valence-electron chi connectivity index (χ1n) is 6.90. The van der Waals surface area contributed by atoms with Crippen molar-refractivity contribution >= 4 is 29.0 Å². The molecule has 2 saturated heterocycles. The summed E-state index contributed by atoms with van der Waals surface area (Å²) in [5.41, 5.74) is 6.95. The molecule has 2 aliphatic rings. The fraction of sp³-hybridized carbons (Fsp3) is 0.429. The number of rotatable bonds is 3. The van der Waals surface area contributed by atoms with Crippen LogP contribution in [0.25, 0.3) is 0 Å². The summed E-state index contributed by atoms with van der Waals surface area (Å²) in [4.78, 5) is 32.2. The number of fused-ring (bicyclic) bond motifs is 1. The normalized spacial score (nSPS) is 21.6. The molecule has 1 unspecified atom stereocenters. The molecule has 0 radical (unpaired) electrons. The van der Waals surface area contributed by atoms with Crippen molar-refractivity contribution in [3.05, 3.63) is 29.6 Å².